The Morgan fingerprint density at radius 1 is 1.18 bits per heavy atom. The molecule has 1 N–H and O–H groups in total. The van der Waals surface area contributed by atoms with Crippen molar-refractivity contribution in [2.45, 2.75) is 6.54 Å². The van der Waals surface area contributed by atoms with Gasteiger partial charge in [-0.1, -0.05) is 23.2 Å². The molecule has 0 amide bonds. The Bertz CT molecular complexity index is 911. The Morgan fingerprint density at radius 2 is 2.00 bits per heavy atom. The molecule has 4 nitrogen and oxygen atoms in total. The first-order valence-corrected chi connectivity index (χ1v) is 7.15. The van der Waals surface area contributed by atoms with Crippen molar-refractivity contribution in [1.29, 1.82) is 0 Å². The van der Waals surface area contributed by atoms with Crippen LogP contribution in [0.4, 0.5) is 10.1 Å². The second-order valence-corrected chi connectivity index (χ2v) is 5.49. The predicted octanol–water partition coefficient (Wildman–Crippen LogP) is 3.75. The van der Waals surface area contributed by atoms with Crippen molar-refractivity contribution in [3.8, 4) is 0 Å². The molecule has 0 atom stereocenters. The van der Waals surface area contributed by atoms with Gasteiger partial charge in [-0.15, -0.1) is 0 Å². The summed E-state index contributed by atoms with van der Waals surface area (Å²) in [5.41, 5.74) is 1.49. The van der Waals surface area contributed by atoms with E-state index in [1.165, 1.54) is 28.8 Å². The van der Waals surface area contributed by atoms with Crippen LogP contribution in [0.2, 0.25) is 10.0 Å². The lowest BCUT2D eigenvalue weighted by Crippen LogP contribution is -2.16. The molecule has 0 spiro atoms. The van der Waals surface area contributed by atoms with Gasteiger partial charge in [0.15, 0.2) is 0 Å². The maximum atomic E-state index is 13.1. The van der Waals surface area contributed by atoms with Gasteiger partial charge in [0, 0.05) is 18.0 Å². The van der Waals surface area contributed by atoms with Crippen LogP contribution in [0.5, 0.6) is 0 Å². The van der Waals surface area contributed by atoms with Crippen molar-refractivity contribution in [3.05, 3.63) is 74.5 Å². The summed E-state index contributed by atoms with van der Waals surface area (Å²) in [6.07, 6.45) is 1.52. The molecule has 0 radical (unpaired) electrons. The van der Waals surface area contributed by atoms with Gasteiger partial charge in [0.1, 0.15) is 11.5 Å². The van der Waals surface area contributed by atoms with Crippen molar-refractivity contribution in [1.82, 2.24) is 9.38 Å². The molecule has 0 saturated heterocycles. The van der Waals surface area contributed by atoms with E-state index in [1.807, 2.05) is 0 Å². The zero-order chi connectivity index (χ0) is 15.7. The fraction of sp³-hybridized carbons (Fsp3) is 0.0667. The van der Waals surface area contributed by atoms with Gasteiger partial charge >= 0.3 is 0 Å². The second-order valence-electron chi connectivity index (χ2n) is 4.64. The van der Waals surface area contributed by atoms with Gasteiger partial charge in [-0.3, -0.25) is 9.20 Å². The van der Waals surface area contributed by atoms with Crippen LogP contribution < -0.4 is 10.9 Å². The first-order chi connectivity index (χ1) is 10.5. The maximum absolute atomic E-state index is 13.1. The molecule has 0 bridgehead atoms. The Labute approximate surface area is 135 Å². The molecule has 0 unspecified atom stereocenters. The highest BCUT2D eigenvalue weighted by Gasteiger charge is 2.04. The zero-order valence-corrected chi connectivity index (χ0v) is 12.7. The molecule has 0 aliphatic carbocycles. The molecule has 3 aromatic rings. The number of nitrogens with one attached hydrogen (secondary N) is 1. The number of fused-ring (bicyclic) bond motifs is 1. The lowest BCUT2D eigenvalue weighted by Gasteiger charge is -2.08. The highest BCUT2D eigenvalue weighted by molar-refractivity contribution is 6.31. The van der Waals surface area contributed by atoms with Gasteiger partial charge in [-0.2, -0.15) is 0 Å². The minimum absolute atomic E-state index is 0.0335. The fourth-order valence-electron chi connectivity index (χ4n) is 2.02. The van der Waals surface area contributed by atoms with Gasteiger partial charge in [-0.05, 0) is 30.3 Å². The number of hydrogen-bond acceptors (Lipinski definition) is 3. The third-order valence-electron chi connectivity index (χ3n) is 3.07. The number of benzene rings is 1. The van der Waals surface area contributed by atoms with Crippen LogP contribution in [0.3, 0.4) is 0 Å². The van der Waals surface area contributed by atoms with Crippen LogP contribution in [-0.4, -0.2) is 9.38 Å². The number of halogens is 3. The molecule has 22 heavy (non-hydrogen) atoms. The van der Waals surface area contributed by atoms with E-state index in [-0.39, 0.29) is 10.6 Å². The summed E-state index contributed by atoms with van der Waals surface area (Å²) in [6, 6.07) is 9.07. The molecule has 1 aromatic carbocycles. The summed E-state index contributed by atoms with van der Waals surface area (Å²) in [7, 11) is 0. The van der Waals surface area contributed by atoms with Gasteiger partial charge < -0.3 is 5.32 Å². The zero-order valence-electron chi connectivity index (χ0n) is 11.2. The number of nitrogens with zero attached hydrogens (tertiary/aromatic N) is 2. The van der Waals surface area contributed by atoms with Crippen LogP contribution >= 0.6 is 23.2 Å². The van der Waals surface area contributed by atoms with Gasteiger partial charge in [-0.25, -0.2) is 9.37 Å². The molecule has 0 aliphatic rings. The minimum atomic E-state index is -0.480. The first-order valence-electron chi connectivity index (χ1n) is 6.40. The average molecular weight is 338 g/mol. The summed E-state index contributed by atoms with van der Waals surface area (Å²) in [6.45, 7) is 0.316. The maximum Gasteiger partial charge on any atom is 0.258 e. The van der Waals surface area contributed by atoms with E-state index in [9.17, 15) is 9.18 Å². The quantitative estimate of drug-likeness (QED) is 0.791. The summed E-state index contributed by atoms with van der Waals surface area (Å²) in [4.78, 5) is 16.4. The SMILES string of the molecule is O=c1cc(CNc2ccc(F)c(Cl)c2)nc2ccc(Cl)cn12. The van der Waals surface area contributed by atoms with Crippen LogP contribution in [0.1, 0.15) is 5.69 Å². The monoisotopic (exact) mass is 337 g/mol. The molecule has 0 saturated carbocycles. The summed E-state index contributed by atoms with van der Waals surface area (Å²) < 4.78 is 14.5. The normalized spacial score (nSPS) is 10.9. The average Bonchev–Trinajstić information content (AvgIpc) is 2.49. The Hall–Kier alpha value is -2.11. The molecule has 0 aliphatic heterocycles. The molecular weight excluding hydrogens is 328 g/mol. The summed E-state index contributed by atoms with van der Waals surface area (Å²) >= 11 is 11.6. The van der Waals surface area contributed by atoms with E-state index < -0.39 is 5.82 Å². The molecule has 3 rings (SSSR count). The molecule has 2 aromatic heterocycles. The topological polar surface area (TPSA) is 46.4 Å². The van der Waals surface area contributed by atoms with Crippen LogP contribution in [0.15, 0.2) is 47.4 Å². The molecule has 7 heteroatoms. The van der Waals surface area contributed by atoms with E-state index in [1.54, 1.807) is 18.2 Å². The van der Waals surface area contributed by atoms with Crippen molar-refractivity contribution in [2.75, 3.05) is 5.32 Å². The third-order valence-corrected chi connectivity index (χ3v) is 3.58. The van der Waals surface area contributed by atoms with Crippen molar-refractivity contribution in [3.63, 3.8) is 0 Å². The third kappa shape index (κ3) is 3.05. The van der Waals surface area contributed by atoms with E-state index in [2.05, 4.69) is 10.3 Å². The summed E-state index contributed by atoms with van der Waals surface area (Å²) in [5.74, 6) is -0.480. The molecule has 112 valence electrons. The van der Waals surface area contributed by atoms with Crippen LogP contribution in [-0.2, 0) is 6.54 Å². The highest BCUT2D eigenvalue weighted by Crippen LogP contribution is 2.19. The number of aromatic nitrogens is 2. The standard InChI is InChI=1S/C15H10Cl2FN3O/c16-9-1-4-14-20-11(6-15(22)21(14)8-9)7-19-10-2-3-13(18)12(17)5-10/h1-6,8,19H,7H2. The Morgan fingerprint density at radius 3 is 2.77 bits per heavy atom. The number of anilines is 1. The van der Waals surface area contributed by atoms with E-state index in [4.69, 9.17) is 23.2 Å². The summed E-state index contributed by atoms with van der Waals surface area (Å²) in [5, 5.41) is 3.54. The molecule has 2 heterocycles. The second kappa shape index (κ2) is 5.94. The van der Waals surface area contributed by atoms with Crippen LogP contribution in [0.25, 0.3) is 5.65 Å². The minimum Gasteiger partial charge on any atom is -0.379 e. The number of pyridine rings is 1. The predicted molar refractivity (Wildman–Crippen MR) is 85.2 cm³/mol. The van der Waals surface area contributed by atoms with Crippen molar-refractivity contribution < 1.29 is 4.39 Å². The van der Waals surface area contributed by atoms with Crippen molar-refractivity contribution >= 4 is 34.5 Å². The van der Waals surface area contributed by atoms with E-state index in [0.29, 0.717) is 28.6 Å². The van der Waals surface area contributed by atoms with E-state index in [0.717, 1.165) is 0 Å². The first kappa shape index (κ1) is 14.8. The van der Waals surface area contributed by atoms with Crippen LogP contribution in [0, 0.1) is 5.82 Å². The van der Waals surface area contributed by atoms with Crippen molar-refractivity contribution in [2.24, 2.45) is 0 Å². The lowest BCUT2D eigenvalue weighted by atomic mass is 10.3. The number of rotatable bonds is 3. The molecule has 0 fully saturated rings. The van der Waals surface area contributed by atoms with Gasteiger partial charge in [0.05, 0.1) is 22.3 Å². The largest absolute Gasteiger partial charge is 0.379 e. The highest BCUT2D eigenvalue weighted by atomic mass is 35.5. The lowest BCUT2D eigenvalue weighted by molar-refractivity contribution is 0.628. The Balaban J connectivity index is 1.86. The van der Waals surface area contributed by atoms with Gasteiger partial charge in [0.25, 0.3) is 5.56 Å². The smallest absolute Gasteiger partial charge is 0.258 e. The van der Waals surface area contributed by atoms with Gasteiger partial charge in [0.2, 0.25) is 0 Å². The Kier molecular flexibility index (Phi) is 4.00. The molecular formula is C15H10Cl2FN3O. The number of hydrogen-bond donors (Lipinski definition) is 1. The fourth-order valence-corrected chi connectivity index (χ4v) is 2.36. The van der Waals surface area contributed by atoms with E-state index >= 15 is 0 Å².